The Bertz CT molecular complexity index is 1640. The normalized spacial score (nSPS) is 10.2. The van der Waals surface area contributed by atoms with Gasteiger partial charge in [0, 0.05) is 31.9 Å². The van der Waals surface area contributed by atoms with E-state index in [9.17, 15) is 18.0 Å². The molecule has 0 saturated carbocycles. The van der Waals surface area contributed by atoms with Crippen LogP contribution in [0, 0.1) is 17.5 Å². The summed E-state index contributed by atoms with van der Waals surface area (Å²) in [5.74, 6) is -0.397. The molecule has 44 heavy (non-hydrogen) atoms. The second-order valence-electron chi connectivity index (χ2n) is 9.55. The van der Waals surface area contributed by atoms with Crippen molar-refractivity contribution in [2.24, 2.45) is 0 Å². The van der Waals surface area contributed by atoms with E-state index in [1.165, 1.54) is 49.5 Å². The van der Waals surface area contributed by atoms with Crippen molar-refractivity contribution in [2.75, 3.05) is 29.6 Å². The molecule has 0 aliphatic heterocycles. The van der Waals surface area contributed by atoms with Gasteiger partial charge in [0.15, 0.2) is 5.82 Å². The van der Waals surface area contributed by atoms with E-state index in [-0.39, 0.29) is 11.5 Å². The highest BCUT2D eigenvalue weighted by Crippen LogP contribution is 2.25. The van der Waals surface area contributed by atoms with Crippen LogP contribution in [-0.4, -0.2) is 20.1 Å². The Hall–Kier alpha value is -5.44. The van der Waals surface area contributed by atoms with Crippen molar-refractivity contribution in [1.29, 1.82) is 0 Å². The van der Waals surface area contributed by atoms with Crippen molar-refractivity contribution in [1.82, 2.24) is 0 Å². The fourth-order valence-electron chi connectivity index (χ4n) is 3.97. The van der Waals surface area contributed by atoms with Crippen molar-refractivity contribution >= 4 is 23.1 Å². The molecule has 0 unspecified atom stereocenters. The fourth-order valence-corrected chi connectivity index (χ4v) is 3.97. The Kier molecular flexibility index (Phi) is 11.2. The van der Waals surface area contributed by atoms with E-state index in [0.717, 1.165) is 16.0 Å². The summed E-state index contributed by atoms with van der Waals surface area (Å²) >= 11 is 0. The standard InChI is InChI=1S/C21H18F2N2O2.C14H14FNO/c1-25(21(26)24-17-9-7-16(22)8-10-17)20-12-11-18(13-19(20)23)27-14-15-5-3-2-4-6-15;1-16-14-8-7-12(9-13(14)15)17-10-11-5-3-2-4-6-11/h2-13H,14H2,1H3,(H,24,26);2-9,16H,10H2,1H3. The molecule has 9 heteroatoms. The summed E-state index contributed by atoms with van der Waals surface area (Å²) in [5, 5.41) is 5.34. The maximum atomic E-state index is 14.4. The van der Waals surface area contributed by atoms with E-state index in [0.29, 0.717) is 36.1 Å². The van der Waals surface area contributed by atoms with E-state index >= 15 is 0 Å². The van der Waals surface area contributed by atoms with Crippen LogP contribution >= 0.6 is 0 Å². The number of benzene rings is 5. The van der Waals surface area contributed by atoms with Gasteiger partial charge in [-0.2, -0.15) is 0 Å². The first kappa shape index (κ1) is 31.5. The first-order valence-electron chi connectivity index (χ1n) is 13.7. The van der Waals surface area contributed by atoms with Crippen molar-refractivity contribution in [3.05, 3.63) is 150 Å². The predicted octanol–water partition coefficient (Wildman–Crippen LogP) is 8.66. The summed E-state index contributed by atoms with van der Waals surface area (Å²) in [4.78, 5) is 13.4. The van der Waals surface area contributed by atoms with Crippen LogP contribution in [0.1, 0.15) is 11.1 Å². The highest BCUT2D eigenvalue weighted by molar-refractivity contribution is 6.01. The molecule has 2 amide bonds. The minimum Gasteiger partial charge on any atom is -0.489 e. The molecule has 0 atom stereocenters. The molecule has 6 nitrogen and oxygen atoms in total. The number of carbonyl (C=O) groups is 1. The number of ether oxygens (including phenoxy) is 2. The Morgan fingerprint density at radius 1 is 0.682 bits per heavy atom. The molecule has 2 N–H and O–H groups in total. The van der Waals surface area contributed by atoms with E-state index in [2.05, 4.69) is 10.6 Å². The van der Waals surface area contributed by atoms with Crippen molar-refractivity contribution in [2.45, 2.75) is 13.2 Å². The third-order valence-corrected chi connectivity index (χ3v) is 6.39. The number of hydrogen-bond donors (Lipinski definition) is 2. The number of anilines is 3. The van der Waals surface area contributed by atoms with Crippen LogP contribution in [0.2, 0.25) is 0 Å². The lowest BCUT2D eigenvalue weighted by Crippen LogP contribution is -2.31. The predicted molar refractivity (Wildman–Crippen MR) is 168 cm³/mol. The zero-order valence-corrected chi connectivity index (χ0v) is 24.3. The fraction of sp³-hybridized carbons (Fsp3) is 0.114. The number of nitrogens with one attached hydrogen (secondary N) is 2. The van der Waals surface area contributed by atoms with E-state index in [1.807, 2.05) is 60.7 Å². The van der Waals surface area contributed by atoms with E-state index in [4.69, 9.17) is 9.47 Å². The van der Waals surface area contributed by atoms with Crippen LogP contribution in [0.15, 0.2) is 121 Å². The summed E-state index contributed by atoms with van der Waals surface area (Å²) < 4.78 is 51.9. The average molecular weight is 600 g/mol. The van der Waals surface area contributed by atoms with Gasteiger partial charge in [-0.15, -0.1) is 0 Å². The van der Waals surface area contributed by atoms with Crippen LogP contribution < -0.4 is 25.0 Å². The Labute approximate surface area is 254 Å². The molecule has 0 aromatic heterocycles. The minimum atomic E-state index is -0.586. The molecule has 5 rings (SSSR count). The highest BCUT2D eigenvalue weighted by atomic mass is 19.1. The lowest BCUT2D eigenvalue weighted by atomic mass is 10.2. The molecule has 0 fully saturated rings. The topological polar surface area (TPSA) is 62.8 Å². The minimum absolute atomic E-state index is 0.0988. The Morgan fingerprint density at radius 2 is 1.20 bits per heavy atom. The molecular formula is C35H32F3N3O3. The Balaban J connectivity index is 0.000000223. The maximum Gasteiger partial charge on any atom is 0.326 e. The monoisotopic (exact) mass is 599 g/mol. The summed E-state index contributed by atoms with van der Waals surface area (Å²) in [7, 11) is 3.13. The maximum absolute atomic E-state index is 14.4. The van der Waals surface area contributed by atoms with Crippen LogP contribution in [0.5, 0.6) is 11.5 Å². The first-order chi connectivity index (χ1) is 21.3. The van der Waals surface area contributed by atoms with Gasteiger partial charge in [-0.25, -0.2) is 18.0 Å². The first-order valence-corrected chi connectivity index (χ1v) is 13.7. The number of nitrogens with zero attached hydrogens (tertiary/aromatic N) is 1. The average Bonchev–Trinajstić information content (AvgIpc) is 3.05. The third-order valence-electron chi connectivity index (χ3n) is 6.39. The van der Waals surface area contributed by atoms with Gasteiger partial charge in [0.1, 0.15) is 36.3 Å². The molecular weight excluding hydrogens is 567 g/mol. The van der Waals surface area contributed by atoms with Gasteiger partial charge in [0.25, 0.3) is 0 Å². The van der Waals surface area contributed by atoms with Gasteiger partial charge in [-0.05, 0) is 59.7 Å². The molecule has 0 radical (unpaired) electrons. The van der Waals surface area contributed by atoms with Crippen LogP contribution in [0.25, 0.3) is 0 Å². The number of hydrogen-bond acceptors (Lipinski definition) is 4. The van der Waals surface area contributed by atoms with Gasteiger partial charge < -0.3 is 20.1 Å². The summed E-state index contributed by atoms with van der Waals surface area (Å²) in [5.41, 5.74) is 3.01. The molecule has 5 aromatic carbocycles. The second-order valence-corrected chi connectivity index (χ2v) is 9.55. The van der Waals surface area contributed by atoms with Crippen LogP contribution in [-0.2, 0) is 13.2 Å². The van der Waals surface area contributed by atoms with Crippen molar-refractivity contribution in [3.63, 3.8) is 0 Å². The largest absolute Gasteiger partial charge is 0.489 e. The lowest BCUT2D eigenvalue weighted by Gasteiger charge is -2.19. The van der Waals surface area contributed by atoms with E-state index < -0.39 is 17.7 Å². The van der Waals surface area contributed by atoms with Crippen molar-refractivity contribution < 1.29 is 27.4 Å². The number of carbonyl (C=O) groups excluding carboxylic acids is 1. The zero-order chi connectivity index (χ0) is 31.3. The van der Waals surface area contributed by atoms with Crippen LogP contribution in [0.3, 0.4) is 0 Å². The number of amides is 2. The Morgan fingerprint density at radius 3 is 1.70 bits per heavy atom. The molecule has 226 valence electrons. The lowest BCUT2D eigenvalue weighted by molar-refractivity contribution is 0.257. The molecule has 0 heterocycles. The smallest absolute Gasteiger partial charge is 0.326 e. The summed E-state index contributed by atoms with van der Waals surface area (Å²) in [6.07, 6.45) is 0. The molecule has 0 saturated heterocycles. The highest BCUT2D eigenvalue weighted by Gasteiger charge is 2.16. The summed E-state index contributed by atoms with van der Waals surface area (Å²) in [6.45, 7) is 0.764. The van der Waals surface area contributed by atoms with Gasteiger partial charge in [-0.1, -0.05) is 60.7 Å². The second kappa shape index (κ2) is 15.7. The quantitative estimate of drug-likeness (QED) is 0.178. The van der Waals surface area contributed by atoms with Gasteiger partial charge >= 0.3 is 6.03 Å². The summed E-state index contributed by atoms with van der Waals surface area (Å²) in [6, 6.07) is 33.2. The molecule has 0 aliphatic rings. The zero-order valence-electron chi connectivity index (χ0n) is 24.3. The van der Waals surface area contributed by atoms with E-state index in [1.54, 1.807) is 25.2 Å². The molecule has 0 spiro atoms. The van der Waals surface area contributed by atoms with Gasteiger partial charge in [0.2, 0.25) is 0 Å². The number of halogens is 3. The molecule has 5 aromatic rings. The van der Waals surface area contributed by atoms with Crippen molar-refractivity contribution in [3.8, 4) is 11.5 Å². The third kappa shape index (κ3) is 9.29. The molecule has 0 bridgehead atoms. The SMILES string of the molecule is CN(C(=O)Nc1ccc(F)cc1)c1ccc(OCc2ccccc2)cc1F.CNc1ccc(OCc2ccccc2)cc1F. The number of urea groups is 1. The van der Waals surface area contributed by atoms with Crippen LogP contribution in [0.4, 0.5) is 35.0 Å². The van der Waals surface area contributed by atoms with Gasteiger partial charge in [-0.3, -0.25) is 4.90 Å². The van der Waals surface area contributed by atoms with Gasteiger partial charge in [0.05, 0.1) is 11.4 Å². The molecule has 0 aliphatic carbocycles. The number of rotatable bonds is 9.